The van der Waals surface area contributed by atoms with E-state index in [1.54, 1.807) is 24.3 Å². The lowest BCUT2D eigenvalue weighted by molar-refractivity contribution is 0.252. The highest BCUT2D eigenvalue weighted by atomic mass is 32.2. The topological polar surface area (TPSA) is 43.4 Å². The minimum absolute atomic E-state index is 0.253. The van der Waals surface area contributed by atoms with E-state index in [2.05, 4.69) is 6.92 Å². The Bertz CT molecular complexity index is 505. The van der Waals surface area contributed by atoms with Crippen molar-refractivity contribution < 1.29 is 12.6 Å². The molecule has 1 aliphatic carbocycles. The molecule has 2 atom stereocenters. The third-order valence-electron chi connectivity index (χ3n) is 4.00. The van der Waals surface area contributed by atoms with Gasteiger partial charge in [-0.15, -0.1) is 0 Å². The lowest BCUT2D eigenvalue weighted by Crippen LogP contribution is -2.13. The van der Waals surface area contributed by atoms with Gasteiger partial charge in [0.1, 0.15) is 0 Å². The van der Waals surface area contributed by atoms with Gasteiger partial charge in [0.05, 0.1) is 11.5 Å². The van der Waals surface area contributed by atoms with Gasteiger partial charge in [-0.05, 0) is 43.7 Å². The van der Waals surface area contributed by atoms with Crippen molar-refractivity contribution in [2.45, 2.75) is 44.4 Å². The number of hydrogen-bond acceptors (Lipinski definition) is 3. The molecule has 0 heterocycles. The van der Waals surface area contributed by atoms with Crippen LogP contribution in [0.25, 0.3) is 0 Å². The molecule has 0 bridgehead atoms. The summed E-state index contributed by atoms with van der Waals surface area (Å²) in [6.07, 6.45) is 4.57. The van der Waals surface area contributed by atoms with Gasteiger partial charge in [-0.25, -0.2) is 0 Å². The fourth-order valence-corrected chi connectivity index (χ4v) is 3.64. The van der Waals surface area contributed by atoms with Crippen molar-refractivity contribution in [3.8, 4) is 0 Å². The highest BCUT2D eigenvalue weighted by Crippen LogP contribution is 2.33. The molecule has 19 heavy (non-hydrogen) atoms. The van der Waals surface area contributed by atoms with Crippen molar-refractivity contribution >= 4 is 10.1 Å². The van der Waals surface area contributed by atoms with Crippen molar-refractivity contribution in [2.75, 3.05) is 6.61 Å². The molecule has 0 radical (unpaired) electrons. The molecule has 1 aromatic carbocycles. The molecular formula is C15H22O3S. The number of aryl methyl sites for hydroxylation is 1. The van der Waals surface area contributed by atoms with Gasteiger partial charge < -0.3 is 0 Å². The third kappa shape index (κ3) is 3.80. The van der Waals surface area contributed by atoms with Crippen LogP contribution in [-0.4, -0.2) is 15.0 Å². The predicted molar refractivity (Wildman–Crippen MR) is 75.4 cm³/mol. The Morgan fingerprint density at radius 1 is 1.16 bits per heavy atom. The fourth-order valence-electron chi connectivity index (χ4n) is 2.66. The van der Waals surface area contributed by atoms with Crippen LogP contribution in [0.4, 0.5) is 0 Å². The Labute approximate surface area is 116 Å². The molecule has 0 spiro atoms. The highest BCUT2D eigenvalue weighted by molar-refractivity contribution is 7.86. The first kappa shape index (κ1) is 14.5. The molecule has 0 saturated heterocycles. The Kier molecular flexibility index (Phi) is 4.63. The van der Waals surface area contributed by atoms with E-state index < -0.39 is 10.1 Å². The van der Waals surface area contributed by atoms with Gasteiger partial charge >= 0.3 is 0 Å². The minimum Gasteiger partial charge on any atom is -0.266 e. The predicted octanol–water partition coefficient (Wildman–Crippen LogP) is 3.53. The quantitative estimate of drug-likeness (QED) is 0.776. The summed E-state index contributed by atoms with van der Waals surface area (Å²) in [7, 11) is -3.59. The molecule has 2 rings (SSSR count). The van der Waals surface area contributed by atoms with Crippen molar-refractivity contribution in [3.05, 3.63) is 29.8 Å². The van der Waals surface area contributed by atoms with Crippen LogP contribution in [0.1, 0.15) is 38.2 Å². The van der Waals surface area contributed by atoms with Crippen molar-refractivity contribution in [1.82, 2.24) is 0 Å². The molecule has 106 valence electrons. The first-order valence-electron chi connectivity index (χ1n) is 6.97. The summed E-state index contributed by atoms with van der Waals surface area (Å²) in [5.41, 5.74) is 1.04. The first-order chi connectivity index (χ1) is 9.01. The Morgan fingerprint density at radius 2 is 1.79 bits per heavy atom. The molecule has 1 fully saturated rings. The summed E-state index contributed by atoms with van der Waals surface area (Å²) in [5.74, 6) is 1.14. The zero-order valence-electron chi connectivity index (χ0n) is 11.6. The van der Waals surface area contributed by atoms with E-state index in [1.807, 2.05) is 6.92 Å². The Hall–Kier alpha value is -0.870. The maximum Gasteiger partial charge on any atom is 0.296 e. The van der Waals surface area contributed by atoms with Gasteiger partial charge in [0, 0.05) is 0 Å². The van der Waals surface area contributed by atoms with Gasteiger partial charge in [-0.2, -0.15) is 8.42 Å². The van der Waals surface area contributed by atoms with Crippen LogP contribution in [0.15, 0.2) is 29.2 Å². The average molecular weight is 282 g/mol. The summed E-state index contributed by atoms with van der Waals surface area (Å²) in [6, 6.07) is 6.79. The van der Waals surface area contributed by atoms with Gasteiger partial charge in [0.15, 0.2) is 0 Å². The molecule has 1 aliphatic rings. The van der Waals surface area contributed by atoms with Crippen molar-refractivity contribution in [3.63, 3.8) is 0 Å². The van der Waals surface area contributed by atoms with Crippen LogP contribution in [-0.2, 0) is 14.3 Å². The molecule has 3 nitrogen and oxygen atoms in total. The summed E-state index contributed by atoms with van der Waals surface area (Å²) >= 11 is 0. The number of benzene rings is 1. The SMILES string of the molecule is CCC1CCC(COS(=O)(=O)c2ccc(C)cc2)C1. The average Bonchev–Trinajstić information content (AvgIpc) is 2.85. The van der Waals surface area contributed by atoms with Crippen LogP contribution < -0.4 is 0 Å². The number of rotatable bonds is 5. The van der Waals surface area contributed by atoms with Gasteiger partial charge in [-0.1, -0.05) is 37.5 Å². The summed E-state index contributed by atoms with van der Waals surface area (Å²) in [6.45, 7) is 4.45. The summed E-state index contributed by atoms with van der Waals surface area (Å²) in [4.78, 5) is 0.253. The molecule has 2 unspecified atom stereocenters. The van der Waals surface area contributed by atoms with Gasteiger partial charge in [0.25, 0.3) is 10.1 Å². The molecular weight excluding hydrogens is 260 g/mol. The summed E-state index contributed by atoms with van der Waals surface area (Å²) in [5, 5.41) is 0. The standard InChI is InChI=1S/C15H22O3S/c1-3-13-6-7-14(10-13)11-18-19(16,17)15-8-4-12(2)5-9-15/h4-5,8-9,13-14H,3,6-7,10-11H2,1-2H3. The van der Waals surface area contributed by atoms with Crippen LogP contribution in [0, 0.1) is 18.8 Å². The largest absolute Gasteiger partial charge is 0.296 e. The van der Waals surface area contributed by atoms with Gasteiger partial charge in [0.2, 0.25) is 0 Å². The van der Waals surface area contributed by atoms with E-state index in [4.69, 9.17) is 4.18 Å². The lowest BCUT2D eigenvalue weighted by atomic mass is 10.0. The third-order valence-corrected chi connectivity index (χ3v) is 5.29. The Morgan fingerprint density at radius 3 is 2.37 bits per heavy atom. The van der Waals surface area contributed by atoms with Crippen LogP contribution in [0.3, 0.4) is 0 Å². The molecule has 0 N–H and O–H groups in total. The van der Waals surface area contributed by atoms with E-state index in [1.165, 1.54) is 12.8 Å². The number of hydrogen-bond donors (Lipinski definition) is 0. The van der Waals surface area contributed by atoms with Crippen LogP contribution in [0.5, 0.6) is 0 Å². The Balaban J connectivity index is 1.93. The van der Waals surface area contributed by atoms with E-state index in [9.17, 15) is 8.42 Å². The maximum absolute atomic E-state index is 12.0. The second-order valence-corrected chi connectivity index (χ2v) is 7.12. The van der Waals surface area contributed by atoms with Crippen LogP contribution >= 0.6 is 0 Å². The van der Waals surface area contributed by atoms with Crippen molar-refractivity contribution in [1.29, 1.82) is 0 Å². The van der Waals surface area contributed by atoms with Crippen molar-refractivity contribution in [2.24, 2.45) is 11.8 Å². The van der Waals surface area contributed by atoms with Gasteiger partial charge in [-0.3, -0.25) is 4.18 Å². The fraction of sp³-hybridized carbons (Fsp3) is 0.600. The molecule has 1 aromatic rings. The lowest BCUT2D eigenvalue weighted by Gasteiger charge is -2.11. The smallest absolute Gasteiger partial charge is 0.266 e. The van der Waals surface area contributed by atoms with E-state index in [-0.39, 0.29) is 4.90 Å². The van der Waals surface area contributed by atoms with E-state index in [0.29, 0.717) is 12.5 Å². The second kappa shape index (κ2) is 6.06. The van der Waals surface area contributed by atoms with E-state index >= 15 is 0 Å². The molecule has 0 aliphatic heterocycles. The van der Waals surface area contributed by atoms with Crippen LogP contribution in [0.2, 0.25) is 0 Å². The first-order valence-corrected chi connectivity index (χ1v) is 8.38. The molecule has 4 heteroatoms. The highest BCUT2D eigenvalue weighted by Gasteiger charge is 2.25. The molecule has 0 amide bonds. The monoisotopic (exact) mass is 282 g/mol. The zero-order valence-corrected chi connectivity index (χ0v) is 12.4. The molecule has 0 aromatic heterocycles. The van der Waals surface area contributed by atoms with E-state index in [0.717, 1.165) is 24.3 Å². The second-order valence-electron chi connectivity index (χ2n) is 5.51. The zero-order chi connectivity index (χ0) is 13.9. The normalized spacial score (nSPS) is 23.7. The summed E-state index contributed by atoms with van der Waals surface area (Å²) < 4.78 is 29.3. The minimum atomic E-state index is -3.59. The molecule has 1 saturated carbocycles. The maximum atomic E-state index is 12.0.